The summed E-state index contributed by atoms with van der Waals surface area (Å²) in [4.78, 5) is 17.1. The van der Waals surface area contributed by atoms with Gasteiger partial charge in [0.05, 0.1) is 19.4 Å². The smallest absolute Gasteiger partial charge is 0.254 e. The van der Waals surface area contributed by atoms with Crippen LogP contribution in [0.3, 0.4) is 0 Å². The van der Waals surface area contributed by atoms with Crippen molar-refractivity contribution in [2.45, 2.75) is 32.4 Å². The Hall–Kier alpha value is -2.95. The molecule has 27 heavy (non-hydrogen) atoms. The van der Waals surface area contributed by atoms with E-state index in [9.17, 15) is 4.79 Å². The predicted octanol–water partition coefficient (Wildman–Crippen LogP) is 4.71. The predicted molar refractivity (Wildman–Crippen MR) is 103 cm³/mol. The normalized spacial score (nSPS) is 14.3. The average molecular weight is 364 g/mol. The van der Waals surface area contributed by atoms with Crippen LogP contribution in [0.1, 0.15) is 41.1 Å². The van der Waals surface area contributed by atoms with Crippen LogP contribution in [-0.2, 0) is 13.1 Å². The Balaban J connectivity index is 1.52. The van der Waals surface area contributed by atoms with E-state index in [1.165, 1.54) is 19.3 Å². The van der Waals surface area contributed by atoms with Gasteiger partial charge in [0.2, 0.25) is 0 Å². The maximum absolute atomic E-state index is 13.0. The third-order valence-corrected chi connectivity index (χ3v) is 4.90. The monoisotopic (exact) mass is 364 g/mol. The molecule has 0 unspecified atom stereocenters. The minimum Gasteiger partial charge on any atom is -0.467 e. The summed E-state index contributed by atoms with van der Waals surface area (Å²) in [5, 5.41) is 0. The SMILES string of the molecule is O=C(c1ccccc1)N(Cc1ccco1)Cc1ccc(N2CCCCC2)o1. The van der Waals surface area contributed by atoms with Crippen LogP contribution < -0.4 is 4.90 Å². The zero-order chi connectivity index (χ0) is 18.5. The van der Waals surface area contributed by atoms with E-state index in [0.717, 1.165) is 30.5 Å². The topological polar surface area (TPSA) is 49.8 Å². The fourth-order valence-electron chi connectivity index (χ4n) is 3.48. The molecule has 3 aromatic rings. The lowest BCUT2D eigenvalue weighted by Gasteiger charge is -2.26. The molecule has 0 aliphatic carbocycles. The lowest BCUT2D eigenvalue weighted by Crippen LogP contribution is -2.30. The first-order valence-corrected chi connectivity index (χ1v) is 9.50. The molecule has 4 rings (SSSR count). The molecule has 5 heteroatoms. The molecule has 0 saturated carbocycles. The zero-order valence-corrected chi connectivity index (χ0v) is 15.3. The van der Waals surface area contributed by atoms with Gasteiger partial charge in [-0.2, -0.15) is 0 Å². The molecule has 1 saturated heterocycles. The first-order valence-electron chi connectivity index (χ1n) is 9.50. The number of hydrogen-bond donors (Lipinski definition) is 0. The Labute approximate surface area is 159 Å². The van der Waals surface area contributed by atoms with Gasteiger partial charge in [-0.25, -0.2) is 0 Å². The molecule has 3 heterocycles. The first kappa shape index (κ1) is 17.5. The molecular formula is C22H24N2O3. The summed E-state index contributed by atoms with van der Waals surface area (Å²) >= 11 is 0. The third kappa shape index (κ3) is 4.25. The first-order chi connectivity index (χ1) is 13.3. The van der Waals surface area contributed by atoms with Crippen molar-refractivity contribution in [2.75, 3.05) is 18.0 Å². The van der Waals surface area contributed by atoms with Crippen LogP contribution >= 0.6 is 0 Å². The highest BCUT2D eigenvalue weighted by molar-refractivity contribution is 5.94. The summed E-state index contributed by atoms with van der Waals surface area (Å²) in [7, 11) is 0. The van der Waals surface area contributed by atoms with E-state index in [4.69, 9.17) is 8.83 Å². The lowest BCUT2D eigenvalue weighted by atomic mass is 10.1. The molecule has 140 valence electrons. The number of rotatable bonds is 6. The summed E-state index contributed by atoms with van der Waals surface area (Å²) in [5.41, 5.74) is 0.659. The Morgan fingerprint density at radius 1 is 0.889 bits per heavy atom. The molecule has 2 aromatic heterocycles. The second kappa shape index (κ2) is 8.16. The zero-order valence-electron chi connectivity index (χ0n) is 15.3. The number of carbonyl (C=O) groups excluding carboxylic acids is 1. The number of anilines is 1. The summed E-state index contributed by atoms with van der Waals surface area (Å²) in [6, 6.07) is 17.0. The number of carbonyl (C=O) groups is 1. The Morgan fingerprint density at radius 3 is 2.41 bits per heavy atom. The molecule has 0 bridgehead atoms. The molecule has 0 radical (unpaired) electrons. The second-order valence-electron chi connectivity index (χ2n) is 6.89. The van der Waals surface area contributed by atoms with Gasteiger partial charge in [0, 0.05) is 24.7 Å². The van der Waals surface area contributed by atoms with Crippen molar-refractivity contribution in [1.29, 1.82) is 0 Å². The van der Waals surface area contributed by atoms with Crippen LogP contribution in [0.2, 0.25) is 0 Å². The van der Waals surface area contributed by atoms with E-state index in [0.29, 0.717) is 18.7 Å². The van der Waals surface area contributed by atoms with Crippen molar-refractivity contribution in [1.82, 2.24) is 4.90 Å². The van der Waals surface area contributed by atoms with Crippen molar-refractivity contribution in [3.8, 4) is 0 Å². The van der Waals surface area contributed by atoms with Gasteiger partial charge in [-0.1, -0.05) is 18.2 Å². The Kier molecular flexibility index (Phi) is 5.28. The molecule has 1 aliphatic rings. The molecule has 0 spiro atoms. The Morgan fingerprint density at radius 2 is 1.67 bits per heavy atom. The highest BCUT2D eigenvalue weighted by Crippen LogP contribution is 2.24. The average Bonchev–Trinajstić information content (AvgIpc) is 3.40. The van der Waals surface area contributed by atoms with Crippen molar-refractivity contribution in [2.24, 2.45) is 0 Å². The number of piperidine rings is 1. The molecule has 0 atom stereocenters. The molecule has 1 aliphatic heterocycles. The third-order valence-electron chi connectivity index (χ3n) is 4.90. The van der Waals surface area contributed by atoms with E-state index in [2.05, 4.69) is 4.90 Å². The molecule has 1 amide bonds. The van der Waals surface area contributed by atoms with Gasteiger partial charge < -0.3 is 18.6 Å². The van der Waals surface area contributed by atoms with Crippen molar-refractivity contribution >= 4 is 11.8 Å². The number of hydrogen-bond acceptors (Lipinski definition) is 4. The summed E-state index contributed by atoms with van der Waals surface area (Å²) < 4.78 is 11.5. The van der Waals surface area contributed by atoms with Crippen molar-refractivity contribution in [3.63, 3.8) is 0 Å². The quantitative estimate of drug-likeness (QED) is 0.636. The largest absolute Gasteiger partial charge is 0.467 e. The van der Waals surface area contributed by atoms with Gasteiger partial charge >= 0.3 is 0 Å². The minimum absolute atomic E-state index is 0.0390. The highest BCUT2D eigenvalue weighted by Gasteiger charge is 2.20. The van der Waals surface area contributed by atoms with Crippen LogP contribution in [0.15, 0.2) is 69.7 Å². The van der Waals surface area contributed by atoms with Gasteiger partial charge in [0.1, 0.15) is 11.5 Å². The van der Waals surface area contributed by atoms with Gasteiger partial charge in [0.25, 0.3) is 5.91 Å². The number of amides is 1. The van der Waals surface area contributed by atoms with Crippen LogP contribution in [-0.4, -0.2) is 23.9 Å². The maximum atomic E-state index is 13.0. The van der Waals surface area contributed by atoms with Crippen LogP contribution in [0.25, 0.3) is 0 Å². The molecule has 5 nitrogen and oxygen atoms in total. The van der Waals surface area contributed by atoms with E-state index in [1.807, 2.05) is 54.6 Å². The van der Waals surface area contributed by atoms with E-state index in [1.54, 1.807) is 11.2 Å². The molecular weight excluding hydrogens is 340 g/mol. The standard InChI is InChI=1S/C22H24N2O3/c25-22(18-8-3-1-4-9-18)24(16-19-10-7-15-26-19)17-20-11-12-21(27-20)23-13-5-2-6-14-23/h1,3-4,7-12,15H,2,5-6,13-14,16-17H2. The van der Waals surface area contributed by atoms with Gasteiger partial charge in [-0.15, -0.1) is 0 Å². The van der Waals surface area contributed by atoms with Crippen molar-refractivity contribution < 1.29 is 13.6 Å². The molecule has 0 N–H and O–H groups in total. The van der Waals surface area contributed by atoms with E-state index in [-0.39, 0.29) is 5.91 Å². The summed E-state index contributed by atoms with van der Waals surface area (Å²) in [6.45, 7) is 2.88. The van der Waals surface area contributed by atoms with Crippen LogP contribution in [0.5, 0.6) is 0 Å². The van der Waals surface area contributed by atoms with Crippen molar-refractivity contribution in [3.05, 3.63) is 77.9 Å². The lowest BCUT2D eigenvalue weighted by molar-refractivity contribution is 0.0705. The maximum Gasteiger partial charge on any atom is 0.254 e. The molecule has 1 fully saturated rings. The number of nitrogens with zero attached hydrogens (tertiary/aromatic N) is 2. The fourth-order valence-corrected chi connectivity index (χ4v) is 3.48. The van der Waals surface area contributed by atoms with Gasteiger partial charge in [-0.3, -0.25) is 4.79 Å². The van der Waals surface area contributed by atoms with E-state index < -0.39 is 0 Å². The summed E-state index contributed by atoms with van der Waals surface area (Å²) in [5.74, 6) is 2.39. The molecule has 1 aromatic carbocycles. The van der Waals surface area contributed by atoms with E-state index >= 15 is 0 Å². The number of benzene rings is 1. The highest BCUT2D eigenvalue weighted by atomic mass is 16.4. The van der Waals surface area contributed by atoms with Gasteiger partial charge in [-0.05, 0) is 49.6 Å². The number of furan rings is 2. The van der Waals surface area contributed by atoms with Crippen LogP contribution in [0.4, 0.5) is 5.88 Å². The minimum atomic E-state index is -0.0390. The summed E-state index contributed by atoms with van der Waals surface area (Å²) in [6.07, 6.45) is 5.31. The second-order valence-corrected chi connectivity index (χ2v) is 6.89. The van der Waals surface area contributed by atoms with Gasteiger partial charge in [0.15, 0.2) is 5.88 Å². The Bertz CT molecular complexity index is 849. The van der Waals surface area contributed by atoms with Crippen LogP contribution in [0, 0.1) is 0 Å². The fraction of sp³-hybridized carbons (Fsp3) is 0.318.